The van der Waals surface area contributed by atoms with Gasteiger partial charge in [0, 0.05) is 11.5 Å². The molecule has 0 amide bonds. The van der Waals surface area contributed by atoms with Crippen LogP contribution >= 0.6 is 11.6 Å². The molecule has 1 atom stereocenters. The molecule has 0 radical (unpaired) electrons. The number of hydrogen-bond donors (Lipinski definition) is 2. The van der Waals surface area contributed by atoms with E-state index < -0.39 is 12.0 Å². The minimum absolute atomic E-state index is 0.177. The molecule has 0 saturated carbocycles. The van der Waals surface area contributed by atoms with Crippen molar-refractivity contribution in [1.29, 1.82) is 0 Å². The molecule has 1 aromatic heterocycles. The Morgan fingerprint density at radius 2 is 2.21 bits per heavy atom. The molecule has 2 aromatic rings. The van der Waals surface area contributed by atoms with Crippen LogP contribution in [0.2, 0.25) is 5.02 Å². The first kappa shape index (κ1) is 13.6. The van der Waals surface area contributed by atoms with Crippen LogP contribution in [0.1, 0.15) is 5.56 Å². The van der Waals surface area contributed by atoms with Gasteiger partial charge in [-0.15, -0.1) is 0 Å². The Morgan fingerprint density at radius 1 is 1.47 bits per heavy atom. The van der Waals surface area contributed by atoms with Crippen LogP contribution in [0, 0.1) is 0 Å². The number of nitrogens with two attached hydrogens (primary N) is 1. The van der Waals surface area contributed by atoms with Gasteiger partial charge < -0.3 is 15.6 Å². The van der Waals surface area contributed by atoms with Gasteiger partial charge in [0.2, 0.25) is 5.88 Å². The van der Waals surface area contributed by atoms with Crippen molar-refractivity contribution >= 4 is 28.5 Å². The predicted octanol–water partition coefficient (Wildman–Crippen LogP) is 1.85. The third kappa shape index (κ3) is 2.77. The Kier molecular flexibility index (Phi) is 3.87. The van der Waals surface area contributed by atoms with E-state index in [4.69, 9.17) is 27.2 Å². The molecular weight excluding hydrogens is 268 g/mol. The molecule has 0 aliphatic heterocycles. The second kappa shape index (κ2) is 5.42. The lowest BCUT2D eigenvalue weighted by Gasteiger charge is -2.10. The van der Waals surface area contributed by atoms with Crippen molar-refractivity contribution in [3.8, 4) is 5.88 Å². The summed E-state index contributed by atoms with van der Waals surface area (Å²) in [6.45, 7) is 0. The Hall–Kier alpha value is -1.85. The molecule has 1 unspecified atom stereocenters. The average Bonchev–Trinajstić information content (AvgIpc) is 2.41. The number of hydrogen-bond acceptors (Lipinski definition) is 4. The summed E-state index contributed by atoms with van der Waals surface area (Å²) in [5, 5.41) is 10.0. The number of carboxylic acid groups (broad SMARTS) is 1. The molecule has 0 aliphatic carbocycles. The molecule has 3 N–H and O–H groups in total. The van der Waals surface area contributed by atoms with E-state index in [0.29, 0.717) is 22.0 Å². The molecule has 0 fully saturated rings. The molecule has 0 spiro atoms. The number of carbonyl (C=O) groups is 1. The standard InChI is InChI=1S/C13H13ClN2O3/c1-19-11-5-3-8-10(16-11)4-2-7(12(8)14)6-9(15)13(17)18/h2-5,9H,6,15H2,1H3,(H,17,18). The molecular formula is C13H13ClN2O3. The highest BCUT2D eigenvalue weighted by Gasteiger charge is 2.15. The van der Waals surface area contributed by atoms with Gasteiger partial charge in [0.1, 0.15) is 6.04 Å². The minimum atomic E-state index is -1.05. The first-order valence-electron chi connectivity index (χ1n) is 5.63. The van der Waals surface area contributed by atoms with Gasteiger partial charge in [0.05, 0.1) is 17.6 Å². The van der Waals surface area contributed by atoms with Gasteiger partial charge in [-0.25, -0.2) is 4.98 Å². The summed E-state index contributed by atoms with van der Waals surface area (Å²) in [6.07, 6.45) is 0.177. The monoisotopic (exact) mass is 280 g/mol. The zero-order valence-electron chi connectivity index (χ0n) is 10.3. The van der Waals surface area contributed by atoms with Crippen molar-refractivity contribution in [2.45, 2.75) is 12.5 Å². The van der Waals surface area contributed by atoms with Crippen molar-refractivity contribution in [2.75, 3.05) is 7.11 Å². The molecule has 0 saturated heterocycles. The minimum Gasteiger partial charge on any atom is -0.481 e. The number of ether oxygens (including phenoxy) is 1. The topological polar surface area (TPSA) is 85.4 Å². The highest BCUT2D eigenvalue weighted by atomic mass is 35.5. The second-order valence-electron chi connectivity index (χ2n) is 4.11. The van der Waals surface area contributed by atoms with Crippen LogP contribution in [-0.2, 0) is 11.2 Å². The third-order valence-electron chi connectivity index (χ3n) is 2.83. The van der Waals surface area contributed by atoms with E-state index in [2.05, 4.69) is 4.98 Å². The highest BCUT2D eigenvalue weighted by Crippen LogP contribution is 2.28. The van der Waals surface area contributed by atoms with Gasteiger partial charge >= 0.3 is 5.97 Å². The van der Waals surface area contributed by atoms with Gasteiger partial charge in [0.25, 0.3) is 0 Å². The van der Waals surface area contributed by atoms with Gasteiger partial charge in [-0.05, 0) is 24.1 Å². The van der Waals surface area contributed by atoms with Crippen LogP contribution in [0.3, 0.4) is 0 Å². The van der Waals surface area contributed by atoms with E-state index in [0.717, 1.165) is 5.39 Å². The number of aliphatic carboxylic acids is 1. The molecule has 2 rings (SSSR count). The van der Waals surface area contributed by atoms with Crippen molar-refractivity contribution in [1.82, 2.24) is 4.98 Å². The van der Waals surface area contributed by atoms with E-state index >= 15 is 0 Å². The number of rotatable bonds is 4. The lowest BCUT2D eigenvalue weighted by Crippen LogP contribution is -2.32. The smallest absolute Gasteiger partial charge is 0.320 e. The summed E-state index contributed by atoms with van der Waals surface area (Å²) < 4.78 is 5.04. The summed E-state index contributed by atoms with van der Waals surface area (Å²) in [4.78, 5) is 15.0. The number of pyridine rings is 1. The number of methoxy groups -OCH3 is 1. The van der Waals surface area contributed by atoms with Crippen molar-refractivity contribution in [2.24, 2.45) is 5.73 Å². The predicted molar refractivity (Wildman–Crippen MR) is 72.6 cm³/mol. The zero-order chi connectivity index (χ0) is 14.0. The van der Waals surface area contributed by atoms with Gasteiger partial charge in [-0.2, -0.15) is 0 Å². The number of carboxylic acids is 1. The van der Waals surface area contributed by atoms with Crippen LogP contribution in [0.15, 0.2) is 24.3 Å². The maximum atomic E-state index is 10.8. The normalized spacial score (nSPS) is 12.4. The molecule has 5 nitrogen and oxygen atoms in total. The molecule has 100 valence electrons. The van der Waals surface area contributed by atoms with E-state index in [9.17, 15) is 4.79 Å². The van der Waals surface area contributed by atoms with E-state index in [1.807, 2.05) is 0 Å². The fourth-order valence-corrected chi connectivity index (χ4v) is 2.09. The Balaban J connectivity index is 2.43. The van der Waals surface area contributed by atoms with Crippen molar-refractivity contribution < 1.29 is 14.6 Å². The fraction of sp³-hybridized carbons (Fsp3) is 0.231. The number of fused-ring (bicyclic) bond motifs is 1. The first-order valence-corrected chi connectivity index (χ1v) is 6.01. The summed E-state index contributed by atoms with van der Waals surface area (Å²) in [5.74, 6) is -0.553. The average molecular weight is 281 g/mol. The first-order chi connectivity index (χ1) is 9.02. The van der Waals surface area contributed by atoms with Crippen LogP contribution in [0.25, 0.3) is 10.9 Å². The maximum absolute atomic E-state index is 10.8. The number of aromatic nitrogens is 1. The quantitative estimate of drug-likeness (QED) is 0.893. The zero-order valence-corrected chi connectivity index (χ0v) is 11.0. The third-order valence-corrected chi connectivity index (χ3v) is 3.27. The Labute approximate surface area is 115 Å². The van der Waals surface area contributed by atoms with Gasteiger partial charge in [-0.3, -0.25) is 4.79 Å². The van der Waals surface area contributed by atoms with Crippen molar-refractivity contribution in [3.63, 3.8) is 0 Å². The Morgan fingerprint density at radius 3 is 2.84 bits per heavy atom. The Bertz CT molecular complexity index is 631. The number of halogens is 1. The largest absolute Gasteiger partial charge is 0.481 e. The van der Waals surface area contributed by atoms with Crippen LogP contribution in [0.4, 0.5) is 0 Å². The van der Waals surface area contributed by atoms with Crippen LogP contribution in [0.5, 0.6) is 5.88 Å². The van der Waals surface area contributed by atoms with E-state index in [-0.39, 0.29) is 6.42 Å². The van der Waals surface area contributed by atoms with E-state index in [1.165, 1.54) is 7.11 Å². The maximum Gasteiger partial charge on any atom is 0.320 e. The lowest BCUT2D eigenvalue weighted by atomic mass is 10.0. The molecule has 19 heavy (non-hydrogen) atoms. The molecule has 0 aliphatic rings. The number of nitrogens with zero attached hydrogens (tertiary/aromatic N) is 1. The summed E-state index contributed by atoms with van der Waals surface area (Å²) in [5.41, 5.74) is 6.90. The molecule has 0 bridgehead atoms. The summed E-state index contributed by atoms with van der Waals surface area (Å²) in [6, 6.07) is 6.03. The summed E-state index contributed by atoms with van der Waals surface area (Å²) in [7, 11) is 1.54. The lowest BCUT2D eigenvalue weighted by molar-refractivity contribution is -0.138. The van der Waals surface area contributed by atoms with Gasteiger partial charge in [-0.1, -0.05) is 17.7 Å². The SMILES string of the molecule is COc1ccc2c(Cl)c(CC(N)C(=O)O)ccc2n1. The van der Waals surface area contributed by atoms with Crippen LogP contribution in [-0.4, -0.2) is 29.2 Å². The van der Waals surface area contributed by atoms with Crippen LogP contribution < -0.4 is 10.5 Å². The molecule has 1 heterocycles. The fourth-order valence-electron chi connectivity index (χ4n) is 1.79. The summed E-state index contributed by atoms with van der Waals surface area (Å²) >= 11 is 6.26. The number of benzene rings is 1. The second-order valence-corrected chi connectivity index (χ2v) is 4.49. The molecule has 1 aromatic carbocycles. The molecule has 6 heteroatoms. The van der Waals surface area contributed by atoms with E-state index in [1.54, 1.807) is 24.3 Å². The highest BCUT2D eigenvalue weighted by molar-refractivity contribution is 6.36. The van der Waals surface area contributed by atoms with Crippen molar-refractivity contribution in [3.05, 3.63) is 34.9 Å². The van der Waals surface area contributed by atoms with Gasteiger partial charge in [0.15, 0.2) is 0 Å².